The molecule has 0 aliphatic carbocycles. The van der Waals surface area contributed by atoms with Gasteiger partial charge in [0.15, 0.2) is 0 Å². The van der Waals surface area contributed by atoms with Crippen LogP contribution in [-0.2, 0) is 4.79 Å². The fraction of sp³-hybridized carbons (Fsp3) is 0.417. The molecule has 2 heterocycles. The highest BCUT2D eigenvalue weighted by molar-refractivity contribution is 5.77. The highest BCUT2D eigenvalue weighted by Crippen LogP contribution is 2.25. The molecule has 1 amide bonds. The van der Waals surface area contributed by atoms with Crippen molar-refractivity contribution in [1.82, 2.24) is 15.1 Å². The molecule has 0 spiro atoms. The molecule has 41 heavy (non-hydrogen) atoms. The summed E-state index contributed by atoms with van der Waals surface area (Å²) in [4.78, 5) is 18.1. The summed E-state index contributed by atoms with van der Waals surface area (Å²) in [5.74, 6) is 1.53. The van der Waals surface area contributed by atoms with E-state index < -0.39 is 0 Å². The molecule has 0 saturated carbocycles. The molecule has 2 saturated heterocycles. The molecule has 216 valence electrons. The van der Waals surface area contributed by atoms with Crippen molar-refractivity contribution in [3.8, 4) is 5.75 Å². The van der Waals surface area contributed by atoms with Gasteiger partial charge in [-0.1, -0.05) is 84.9 Å². The lowest BCUT2D eigenvalue weighted by Gasteiger charge is -2.31. The fourth-order valence-corrected chi connectivity index (χ4v) is 6.00. The molecule has 0 unspecified atom stereocenters. The van der Waals surface area contributed by atoms with Gasteiger partial charge in [-0.3, -0.25) is 9.69 Å². The molecule has 0 atom stereocenters. The molecule has 0 aromatic heterocycles. The highest BCUT2D eigenvalue weighted by Gasteiger charge is 2.23. The summed E-state index contributed by atoms with van der Waals surface area (Å²) < 4.78 is 5.94. The van der Waals surface area contributed by atoms with E-state index in [4.69, 9.17) is 4.74 Å². The number of carbonyl (C=O) groups excluding carboxylic acids is 1. The molecule has 0 bridgehead atoms. The second-order valence-electron chi connectivity index (χ2n) is 11.5. The Bertz CT molecular complexity index is 1160. The maximum absolute atomic E-state index is 13.1. The van der Waals surface area contributed by atoms with Crippen molar-refractivity contribution in [3.63, 3.8) is 0 Å². The lowest BCUT2D eigenvalue weighted by molar-refractivity contribution is -0.122. The summed E-state index contributed by atoms with van der Waals surface area (Å²) in [7, 11) is 0. The molecular weight excluding hydrogens is 506 g/mol. The standard InChI is InChI=1S/C36H45N3O2/c40-35(37-36(32-12-3-1-4-13-32)33-14-5-2-6-15-33)29-31-20-26-39(27-21-31)24-9-11-30-16-18-34(19-17-30)41-28-10-25-38-22-7-8-23-38/h1-6,9,11-19,31,36H,7-8,10,20-29H2,(H,37,40)/b11-9+. The van der Waals surface area contributed by atoms with E-state index in [2.05, 4.69) is 75.8 Å². The number of rotatable bonds is 13. The van der Waals surface area contributed by atoms with Crippen LogP contribution < -0.4 is 10.1 Å². The van der Waals surface area contributed by atoms with Gasteiger partial charge in [0, 0.05) is 19.5 Å². The molecule has 2 aliphatic heterocycles. The Morgan fingerprint density at radius 3 is 2.10 bits per heavy atom. The van der Waals surface area contributed by atoms with Crippen molar-refractivity contribution in [2.45, 2.75) is 44.6 Å². The summed E-state index contributed by atoms with van der Waals surface area (Å²) in [6, 6.07) is 28.8. The number of benzene rings is 3. The molecule has 2 fully saturated rings. The number of nitrogens with one attached hydrogen (secondary N) is 1. The first-order valence-electron chi connectivity index (χ1n) is 15.5. The maximum atomic E-state index is 13.1. The third-order valence-corrected chi connectivity index (χ3v) is 8.39. The molecular formula is C36H45N3O2. The van der Waals surface area contributed by atoms with E-state index in [9.17, 15) is 4.79 Å². The zero-order chi connectivity index (χ0) is 28.1. The quantitative estimate of drug-likeness (QED) is 0.244. The van der Waals surface area contributed by atoms with Crippen molar-refractivity contribution >= 4 is 12.0 Å². The Kier molecular flexibility index (Phi) is 11.0. The molecule has 0 radical (unpaired) electrons. The Balaban J connectivity index is 1.00. The molecule has 5 rings (SSSR count). The van der Waals surface area contributed by atoms with Gasteiger partial charge in [-0.2, -0.15) is 0 Å². The number of carbonyl (C=O) groups is 1. The van der Waals surface area contributed by atoms with Crippen LogP contribution in [0.4, 0.5) is 0 Å². The first-order chi connectivity index (χ1) is 20.2. The summed E-state index contributed by atoms with van der Waals surface area (Å²) in [5.41, 5.74) is 3.43. The average Bonchev–Trinajstić information content (AvgIpc) is 3.54. The van der Waals surface area contributed by atoms with Crippen LogP contribution in [0.25, 0.3) is 6.08 Å². The third-order valence-electron chi connectivity index (χ3n) is 8.39. The van der Waals surface area contributed by atoms with Crippen LogP contribution in [0.5, 0.6) is 5.75 Å². The van der Waals surface area contributed by atoms with Gasteiger partial charge >= 0.3 is 0 Å². The summed E-state index contributed by atoms with van der Waals surface area (Å²) in [6.07, 6.45) is 10.9. The van der Waals surface area contributed by atoms with Crippen molar-refractivity contribution < 1.29 is 9.53 Å². The number of amides is 1. The lowest BCUT2D eigenvalue weighted by Crippen LogP contribution is -2.36. The summed E-state index contributed by atoms with van der Waals surface area (Å²) >= 11 is 0. The first kappa shape index (κ1) is 29.1. The van der Waals surface area contributed by atoms with Crippen molar-refractivity contribution in [2.75, 3.05) is 45.9 Å². The minimum atomic E-state index is -0.115. The smallest absolute Gasteiger partial charge is 0.221 e. The lowest BCUT2D eigenvalue weighted by atomic mass is 9.92. The zero-order valence-electron chi connectivity index (χ0n) is 24.3. The van der Waals surface area contributed by atoms with Gasteiger partial charge in [0.1, 0.15) is 5.75 Å². The predicted octanol–water partition coefficient (Wildman–Crippen LogP) is 6.57. The maximum Gasteiger partial charge on any atom is 0.221 e. The molecule has 2 aliphatic rings. The number of hydrogen-bond donors (Lipinski definition) is 1. The number of hydrogen-bond acceptors (Lipinski definition) is 4. The van der Waals surface area contributed by atoms with Gasteiger partial charge < -0.3 is 15.0 Å². The van der Waals surface area contributed by atoms with E-state index in [0.29, 0.717) is 12.3 Å². The first-order valence-corrected chi connectivity index (χ1v) is 15.5. The van der Waals surface area contributed by atoms with Crippen LogP contribution in [-0.4, -0.2) is 61.6 Å². The Morgan fingerprint density at radius 1 is 0.829 bits per heavy atom. The van der Waals surface area contributed by atoms with E-state index in [-0.39, 0.29) is 11.9 Å². The van der Waals surface area contributed by atoms with E-state index in [1.54, 1.807) is 0 Å². The van der Waals surface area contributed by atoms with Crippen molar-refractivity contribution in [3.05, 3.63) is 108 Å². The predicted molar refractivity (Wildman–Crippen MR) is 168 cm³/mol. The van der Waals surface area contributed by atoms with E-state index in [1.807, 2.05) is 36.4 Å². The third kappa shape index (κ3) is 9.31. The van der Waals surface area contributed by atoms with Crippen LogP contribution in [0.1, 0.15) is 61.3 Å². The van der Waals surface area contributed by atoms with Crippen LogP contribution in [0.3, 0.4) is 0 Å². The highest BCUT2D eigenvalue weighted by atomic mass is 16.5. The number of nitrogens with zero attached hydrogens (tertiary/aromatic N) is 2. The number of likely N-dealkylation sites (tertiary alicyclic amines) is 2. The average molecular weight is 552 g/mol. The molecule has 5 nitrogen and oxygen atoms in total. The second kappa shape index (κ2) is 15.6. The largest absolute Gasteiger partial charge is 0.494 e. The Hall–Kier alpha value is -3.41. The van der Waals surface area contributed by atoms with Gasteiger partial charge in [0.2, 0.25) is 5.91 Å². The van der Waals surface area contributed by atoms with Gasteiger partial charge in [-0.15, -0.1) is 0 Å². The molecule has 5 heteroatoms. The van der Waals surface area contributed by atoms with Crippen LogP contribution in [0.15, 0.2) is 91.0 Å². The number of piperidine rings is 1. The summed E-state index contributed by atoms with van der Waals surface area (Å²) in [5, 5.41) is 3.32. The van der Waals surface area contributed by atoms with E-state index in [0.717, 1.165) is 68.9 Å². The molecule has 3 aromatic carbocycles. The minimum absolute atomic E-state index is 0.115. The fourth-order valence-electron chi connectivity index (χ4n) is 6.00. The normalized spacial score (nSPS) is 16.9. The number of ether oxygens (including phenoxy) is 1. The second-order valence-corrected chi connectivity index (χ2v) is 11.5. The SMILES string of the molecule is O=C(CC1CCN(C/C=C/c2ccc(OCCCN3CCCC3)cc2)CC1)NC(c1ccccc1)c1ccccc1. The monoisotopic (exact) mass is 551 g/mol. The molecule has 3 aromatic rings. The van der Waals surface area contributed by atoms with Gasteiger partial charge in [-0.05, 0) is 93.0 Å². The van der Waals surface area contributed by atoms with E-state index >= 15 is 0 Å². The van der Waals surface area contributed by atoms with Crippen LogP contribution >= 0.6 is 0 Å². The Labute approximate surface area is 246 Å². The zero-order valence-corrected chi connectivity index (χ0v) is 24.3. The van der Waals surface area contributed by atoms with Gasteiger partial charge in [0.25, 0.3) is 0 Å². The summed E-state index contributed by atoms with van der Waals surface area (Å²) in [6.45, 7) is 7.44. The minimum Gasteiger partial charge on any atom is -0.494 e. The van der Waals surface area contributed by atoms with E-state index in [1.165, 1.54) is 31.5 Å². The molecule has 1 N–H and O–H groups in total. The van der Waals surface area contributed by atoms with Crippen molar-refractivity contribution in [1.29, 1.82) is 0 Å². The van der Waals surface area contributed by atoms with Gasteiger partial charge in [-0.25, -0.2) is 0 Å². The Morgan fingerprint density at radius 2 is 1.46 bits per heavy atom. The van der Waals surface area contributed by atoms with Crippen molar-refractivity contribution in [2.24, 2.45) is 5.92 Å². The van der Waals surface area contributed by atoms with Crippen LogP contribution in [0, 0.1) is 5.92 Å². The van der Waals surface area contributed by atoms with Crippen LogP contribution in [0.2, 0.25) is 0 Å². The van der Waals surface area contributed by atoms with Gasteiger partial charge in [0.05, 0.1) is 12.6 Å². The topological polar surface area (TPSA) is 44.8 Å².